The summed E-state index contributed by atoms with van der Waals surface area (Å²) in [5.74, 6) is 3.00. The Labute approximate surface area is 154 Å². The van der Waals surface area contributed by atoms with Gasteiger partial charge in [0.1, 0.15) is 29.1 Å². The highest BCUT2D eigenvalue weighted by Gasteiger charge is 2.21. The van der Waals surface area contributed by atoms with Gasteiger partial charge < -0.3 is 19.2 Å². The van der Waals surface area contributed by atoms with Crippen LogP contribution in [0.2, 0.25) is 0 Å². The molecule has 1 N–H and O–H groups in total. The lowest BCUT2D eigenvalue weighted by Gasteiger charge is -2.11. The van der Waals surface area contributed by atoms with Crippen molar-refractivity contribution in [1.29, 1.82) is 0 Å². The molecule has 1 aromatic heterocycles. The normalized spacial score (nSPS) is 17.0. The van der Waals surface area contributed by atoms with Gasteiger partial charge >= 0.3 is 0 Å². The van der Waals surface area contributed by atoms with E-state index in [1.165, 1.54) is 6.08 Å². The molecule has 2 heterocycles. The summed E-state index contributed by atoms with van der Waals surface area (Å²) in [6, 6.07) is 7.50. The lowest BCUT2D eigenvalue weighted by Crippen LogP contribution is -2.24. The van der Waals surface area contributed by atoms with Gasteiger partial charge in [0, 0.05) is 23.6 Å². The van der Waals surface area contributed by atoms with Crippen molar-refractivity contribution in [1.82, 2.24) is 5.32 Å². The maximum Gasteiger partial charge on any atom is 0.244 e. The molecule has 1 aliphatic rings. The Morgan fingerprint density at radius 2 is 2.23 bits per heavy atom. The summed E-state index contributed by atoms with van der Waals surface area (Å²) >= 11 is 0. The van der Waals surface area contributed by atoms with Gasteiger partial charge in [-0.25, -0.2) is 0 Å². The van der Waals surface area contributed by atoms with Gasteiger partial charge in [-0.2, -0.15) is 0 Å². The van der Waals surface area contributed by atoms with Gasteiger partial charge in [0.25, 0.3) is 0 Å². The van der Waals surface area contributed by atoms with E-state index >= 15 is 0 Å². The van der Waals surface area contributed by atoms with E-state index in [0.717, 1.165) is 40.6 Å². The first-order valence-corrected chi connectivity index (χ1v) is 8.97. The summed E-state index contributed by atoms with van der Waals surface area (Å²) in [7, 11) is 0. The Morgan fingerprint density at radius 1 is 1.42 bits per heavy atom. The molecule has 1 aromatic carbocycles. The highest BCUT2D eigenvalue weighted by atomic mass is 16.5. The number of aryl methyl sites for hydroxylation is 1. The van der Waals surface area contributed by atoms with E-state index < -0.39 is 0 Å². The molecule has 0 bridgehead atoms. The van der Waals surface area contributed by atoms with Crippen LogP contribution in [0.4, 0.5) is 0 Å². The molecule has 138 valence electrons. The molecule has 0 saturated heterocycles. The smallest absolute Gasteiger partial charge is 0.244 e. The second-order valence-electron chi connectivity index (χ2n) is 6.58. The van der Waals surface area contributed by atoms with Crippen LogP contribution in [0.15, 0.2) is 34.8 Å². The summed E-state index contributed by atoms with van der Waals surface area (Å²) in [6.45, 7) is 8.32. The summed E-state index contributed by atoms with van der Waals surface area (Å²) in [5, 5.41) is 2.90. The van der Waals surface area contributed by atoms with Gasteiger partial charge in [-0.1, -0.05) is 0 Å². The zero-order valence-electron chi connectivity index (χ0n) is 15.7. The molecule has 2 unspecified atom stereocenters. The van der Waals surface area contributed by atoms with Crippen LogP contribution in [0.25, 0.3) is 6.08 Å². The first-order chi connectivity index (χ1) is 12.5. The number of carbonyl (C=O) groups excluding carboxylic acids is 1. The van der Waals surface area contributed by atoms with Crippen LogP contribution in [-0.4, -0.2) is 18.6 Å². The number of amides is 1. The zero-order chi connectivity index (χ0) is 18.7. The minimum Gasteiger partial charge on any atom is -0.493 e. The van der Waals surface area contributed by atoms with Gasteiger partial charge in [-0.05, 0) is 58.0 Å². The van der Waals surface area contributed by atoms with Crippen LogP contribution in [-0.2, 0) is 11.2 Å². The van der Waals surface area contributed by atoms with E-state index in [2.05, 4.69) is 5.32 Å². The van der Waals surface area contributed by atoms with Crippen LogP contribution >= 0.6 is 0 Å². The topological polar surface area (TPSA) is 60.7 Å². The van der Waals surface area contributed by atoms with E-state index in [1.807, 2.05) is 52.0 Å². The van der Waals surface area contributed by atoms with Crippen LogP contribution in [0.5, 0.6) is 11.5 Å². The standard InChI is InChI=1S/C21H25NO4/c1-5-24-19-12-17-10-14(3)26-20(17)11-16(19)7-9-21(23)22-15(4)18-8-6-13(2)25-18/h6-9,11-12,14-15H,5,10H2,1-4H3,(H,22,23)/b9-7+. The first-order valence-electron chi connectivity index (χ1n) is 8.97. The molecule has 0 aliphatic carbocycles. The summed E-state index contributed by atoms with van der Waals surface area (Å²) in [5.41, 5.74) is 1.97. The molecule has 0 saturated carbocycles. The van der Waals surface area contributed by atoms with Crippen molar-refractivity contribution in [2.24, 2.45) is 0 Å². The average molecular weight is 355 g/mol. The third-order valence-electron chi connectivity index (χ3n) is 4.29. The maximum absolute atomic E-state index is 12.3. The van der Waals surface area contributed by atoms with Gasteiger partial charge in [0.15, 0.2) is 0 Å². The highest BCUT2D eigenvalue weighted by Crippen LogP contribution is 2.35. The van der Waals surface area contributed by atoms with Crippen molar-refractivity contribution in [2.45, 2.75) is 46.3 Å². The van der Waals surface area contributed by atoms with Gasteiger partial charge in [0.2, 0.25) is 5.91 Å². The fourth-order valence-corrected chi connectivity index (χ4v) is 3.05. The summed E-state index contributed by atoms with van der Waals surface area (Å²) in [4.78, 5) is 12.3. The number of rotatable bonds is 6. The number of nitrogens with one attached hydrogen (secondary N) is 1. The van der Waals surface area contributed by atoms with Crippen molar-refractivity contribution in [3.05, 3.63) is 53.0 Å². The second kappa shape index (κ2) is 7.68. The largest absolute Gasteiger partial charge is 0.493 e. The van der Waals surface area contributed by atoms with E-state index in [1.54, 1.807) is 6.08 Å². The number of furan rings is 1. The Kier molecular flexibility index (Phi) is 5.35. The number of benzene rings is 1. The third-order valence-corrected chi connectivity index (χ3v) is 4.29. The third kappa shape index (κ3) is 4.10. The Balaban J connectivity index is 1.72. The van der Waals surface area contributed by atoms with Gasteiger partial charge in [0.05, 0.1) is 12.6 Å². The quantitative estimate of drug-likeness (QED) is 0.789. The fourth-order valence-electron chi connectivity index (χ4n) is 3.05. The number of hydrogen-bond acceptors (Lipinski definition) is 4. The molecule has 5 nitrogen and oxygen atoms in total. The molecule has 1 amide bonds. The lowest BCUT2D eigenvalue weighted by molar-refractivity contribution is -0.117. The molecular weight excluding hydrogens is 330 g/mol. The minimum atomic E-state index is -0.198. The molecule has 3 rings (SSSR count). The second-order valence-corrected chi connectivity index (χ2v) is 6.58. The molecule has 1 aliphatic heterocycles. The lowest BCUT2D eigenvalue weighted by atomic mass is 10.1. The summed E-state index contributed by atoms with van der Waals surface area (Å²) < 4.78 is 17.1. The fraction of sp³-hybridized carbons (Fsp3) is 0.381. The van der Waals surface area contributed by atoms with Crippen LogP contribution < -0.4 is 14.8 Å². The molecule has 2 aromatic rings. The number of ether oxygens (including phenoxy) is 2. The van der Waals surface area contributed by atoms with Crippen molar-refractivity contribution < 1.29 is 18.7 Å². The Morgan fingerprint density at radius 3 is 2.92 bits per heavy atom. The minimum absolute atomic E-state index is 0.166. The van der Waals surface area contributed by atoms with Crippen molar-refractivity contribution in [3.8, 4) is 11.5 Å². The van der Waals surface area contributed by atoms with E-state index in [9.17, 15) is 4.79 Å². The van der Waals surface area contributed by atoms with Crippen molar-refractivity contribution in [2.75, 3.05) is 6.61 Å². The molecule has 0 spiro atoms. The van der Waals surface area contributed by atoms with Crippen molar-refractivity contribution in [3.63, 3.8) is 0 Å². The predicted molar refractivity (Wildman–Crippen MR) is 100 cm³/mol. The molecular formula is C21H25NO4. The van der Waals surface area contributed by atoms with E-state index in [0.29, 0.717) is 6.61 Å². The number of fused-ring (bicyclic) bond motifs is 1. The number of hydrogen-bond donors (Lipinski definition) is 1. The van der Waals surface area contributed by atoms with E-state index in [-0.39, 0.29) is 18.1 Å². The zero-order valence-corrected chi connectivity index (χ0v) is 15.7. The monoisotopic (exact) mass is 355 g/mol. The molecule has 5 heteroatoms. The van der Waals surface area contributed by atoms with Gasteiger partial charge in [-0.15, -0.1) is 0 Å². The van der Waals surface area contributed by atoms with Gasteiger partial charge in [-0.3, -0.25) is 4.79 Å². The number of carbonyl (C=O) groups is 1. The molecule has 0 fully saturated rings. The highest BCUT2D eigenvalue weighted by molar-refractivity contribution is 5.92. The molecule has 0 radical (unpaired) electrons. The van der Waals surface area contributed by atoms with Crippen LogP contribution in [0, 0.1) is 6.92 Å². The SMILES string of the molecule is CCOc1cc2c(cc1/C=C/C(=O)NC(C)c1ccc(C)o1)OC(C)C2. The Hall–Kier alpha value is -2.69. The predicted octanol–water partition coefficient (Wildman–Crippen LogP) is 4.20. The average Bonchev–Trinajstić information content (AvgIpc) is 3.17. The first kappa shape index (κ1) is 18.1. The Bertz CT molecular complexity index is 821. The van der Waals surface area contributed by atoms with Crippen molar-refractivity contribution >= 4 is 12.0 Å². The van der Waals surface area contributed by atoms with E-state index in [4.69, 9.17) is 13.9 Å². The molecule has 26 heavy (non-hydrogen) atoms. The maximum atomic E-state index is 12.3. The van der Waals surface area contributed by atoms with Crippen LogP contribution in [0.3, 0.4) is 0 Å². The summed E-state index contributed by atoms with van der Waals surface area (Å²) in [6.07, 6.45) is 4.31. The molecule has 2 atom stereocenters. The van der Waals surface area contributed by atoms with Crippen LogP contribution in [0.1, 0.15) is 49.5 Å².